The molecule has 10 heteroatoms. The monoisotopic (exact) mass is 488 g/mol. The van der Waals surface area contributed by atoms with E-state index in [-0.39, 0.29) is 16.0 Å². The van der Waals surface area contributed by atoms with Crippen LogP contribution in [0.15, 0.2) is 52.7 Å². The van der Waals surface area contributed by atoms with Crippen molar-refractivity contribution < 1.29 is 27.5 Å². The van der Waals surface area contributed by atoms with Crippen LogP contribution < -0.4 is 0 Å². The number of benzene rings is 2. The maximum Gasteiger partial charge on any atom is 0.337 e. The van der Waals surface area contributed by atoms with Crippen molar-refractivity contribution in [1.82, 2.24) is 9.21 Å². The maximum atomic E-state index is 13.3. The van der Waals surface area contributed by atoms with Crippen molar-refractivity contribution in [3.8, 4) is 0 Å². The number of thiophene rings is 1. The number of carbonyl (C=O) groups is 2. The zero-order valence-electron chi connectivity index (χ0n) is 18.3. The molecule has 0 aliphatic carbocycles. The minimum Gasteiger partial charge on any atom is -0.465 e. The standard InChI is InChI=1S/C23H24N2O6S2/c1-30-22(26)16-11-17(23(27)31-2)13-19(12-16)33(28,29)25-9-7-24(8-10-25)14-18-15-32-21-6-4-3-5-20(18)21/h3-6,11-13,15H,7-10,14H2,1-2H3. The van der Waals surface area contributed by atoms with Gasteiger partial charge in [-0.1, -0.05) is 18.2 Å². The Morgan fingerprint density at radius 3 is 2.15 bits per heavy atom. The minimum atomic E-state index is -3.92. The SMILES string of the molecule is COC(=O)c1cc(C(=O)OC)cc(S(=O)(=O)N2CCN(Cc3csc4ccccc34)CC2)c1. The molecule has 1 saturated heterocycles. The third-order valence-electron chi connectivity index (χ3n) is 5.67. The molecule has 4 rings (SSSR count). The van der Waals surface area contributed by atoms with Gasteiger partial charge in [0.25, 0.3) is 0 Å². The van der Waals surface area contributed by atoms with Gasteiger partial charge in [-0.25, -0.2) is 18.0 Å². The molecular formula is C23H24N2O6S2. The summed E-state index contributed by atoms with van der Waals surface area (Å²) < 4.78 is 38.7. The van der Waals surface area contributed by atoms with Crippen LogP contribution in [0.2, 0.25) is 0 Å². The average molecular weight is 489 g/mol. The first-order chi connectivity index (χ1) is 15.8. The van der Waals surface area contributed by atoms with Gasteiger partial charge < -0.3 is 9.47 Å². The van der Waals surface area contributed by atoms with Crippen LogP contribution in [-0.2, 0) is 26.0 Å². The van der Waals surface area contributed by atoms with Gasteiger partial charge in [-0.2, -0.15) is 4.31 Å². The first-order valence-corrected chi connectivity index (χ1v) is 12.6. The van der Waals surface area contributed by atoms with E-state index < -0.39 is 22.0 Å². The zero-order chi connectivity index (χ0) is 23.6. The van der Waals surface area contributed by atoms with Crippen LogP contribution in [-0.4, -0.2) is 70.0 Å². The van der Waals surface area contributed by atoms with Gasteiger partial charge in [-0.05, 0) is 40.6 Å². The molecule has 1 aliphatic heterocycles. The summed E-state index contributed by atoms with van der Waals surface area (Å²) in [4.78, 5) is 26.2. The quantitative estimate of drug-likeness (QED) is 0.493. The molecule has 0 radical (unpaired) electrons. The number of hydrogen-bond donors (Lipinski definition) is 0. The highest BCUT2D eigenvalue weighted by Gasteiger charge is 2.30. The van der Waals surface area contributed by atoms with E-state index in [2.05, 4.69) is 22.4 Å². The summed E-state index contributed by atoms with van der Waals surface area (Å²) in [5.74, 6) is -1.46. The van der Waals surface area contributed by atoms with Gasteiger partial charge in [0, 0.05) is 37.4 Å². The first-order valence-electron chi connectivity index (χ1n) is 10.3. The fraction of sp³-hybridized carbons (Fsp3) is 0.304. The van der Waals surface area contributed by atoms with Crippen molar-refractivity contribution in [1.29, 1.82) is 0 Å². The topological polar surface area (TPSA) is 93.2 Å². The Kier molecular flexibility index (Phi) is 6.80. The van der Waals surface area contributed by atoms with Gasteiger partial charge in [0.1, 0.15) is 0 Å². The highest BCUT2D eigenvalue weighted by Crippen LogP contribution is 2.28. The molecule has 0 spiro atoms. The number of rotatable bonds is 6. The number of methoxy groups -OCH3 is 2. The lowest BCUT2D eigenvalue weighted by Crippen LogP contribution is -2.48. The smallest absolute Gasteiger partial charge is 0.337 e. The Bertz CT molecular complexity index is 1260. The number of fused-ring (bicyclic) bond motifs is 1. The average Bonchev–Trinajstić information content (AvgIpc) is 3.25. The molecule has 3 aromatic rings. The molecule has 0 atom stereocenters. The first kappa shape index (κ1) is 23.4. The Hall–Kier alpha value is -2.79. The number of ether oxygens (including phenoxy) is 2. The van der Waals surface area contributed by atoms with E-state index in [1.807, 2.05) is 12.1 Å². The number of nitrogens with zero attached hydrogens (tertiary/aromatic N) is 2. The van der Waals surface area contributed by atoms with Crippen LogP contribution in [0.4, 0.5) is 0 Å². The summed E-state index contributed by atoms with van der Waals surface area (Å²) in [6.45, 7) is 2.51. The van der Waals surface area contributed by atoms with Crippen LogP contribution in [0.1, 0.15) is 26.3 Å². The second kappa shape index (κ2) is 9.60. The van der Waals surface area contributed by atoms with E-state index in [1.165, 1.54) is 52.4 Å². The summed E-state index contributed by atoms with van der Waals surface area (Å²) in [6, 6.07) is 12.0. The number of sulfonamides is 1. The lowest BCUT2D eigenvalue weighted by Gasteiger charge is -2.34. The Labute approximate surface area is 196 Å². The van der Waals surface area contributed by atoms with Crippen molar-refractivity contribution in [2.45, 2.75) is 11.4 Å². The molecule has 174 valence electrons. The molecule has 1 aliphatic rings. The number of hydrogen-bond acceptors (Lipinski definition) is 8. The third kappa shape index (κ3) is 4.79. The summed E-state index contributed by atoms with van der Waals surface area (Å²) in [6.07, 6.45) is 0. The van der Waals surface area contributed by atoms with Crippen molar-refractivity contribution in [2.24, 2.45) is 0 Å². The van der Waals surface area contributed by atoms with Gasteiger partial charge >= 0.3 is 11.9 Å². The van der Waals surface area contributed by atoms with Crippen molar-refractivity contribution >= 4 is 43.4 Å². The fourth-order valence-corrected chi connectivity index (χ4v) is 6.34. The second-order valence-electron chi connectivity index (χ2n) is 7.67. The Balaban J connectivity index is 1.51. The van der Waals surface area contributed by atoms with Gasteiger partial charge in [-0.15, -0.1) is 11.3 Å². The Morgan fingerprint density at radius 2 is 1.55 bits per heavy atom. The van der Waals surface area contributed by atoms with E-state index in [1.54, 1.807) is 11.3 Å². The highest BCUT2D eigenvalue weighted by atomic mass is 32.2. The molecule has 2 aromatic carbocycles. The summed E-state index contributed by atoms with van der Waals surface area (Å²) >= 11 is 1.71. The van der Waals surface area contributed by atoms with E-state index >= 15 is 0 Å². The van der Waals surface area contributed by atoms with Crippen LogP contribution in [0.5, 0.6) is 0 Å². The largest absolute Gasteiger partial charge is 0.465 e. The summed E-state index contributed by atoms with van der Waals surface area (Å²) in [5, 5.41) is 3.38. The number of esters is 2. The lowest BCUT2D eigenvalue weighted by atomic mass is 10.1. The van der Waals surface area contributed by atoms with E-state index in [0.717, 1.165) is 6.54 Å². The lowest BCUT2D eigenvalue weighted by molar-refractivity contribution is 0.0598. The van der Waals surface area contributed by atoms with Crippen molar-refractivity contribution in [2.75, 3.05) is 40.4 Å². The fourth-order valence-electron chi connectivity index (χ4n) is 3.89. The van der Waals surface area contributed by atoms with Gasteiger partial charge in [0.05, 0.1) is 30.2 Å². The van der Waals surface area contributed by atoms with Crippen LogP contribution >= 0.6 is 11.3 Å². The molecule has 0 saturated carbocycles. The number of carbonyl (C=O) groups excluding carboxylic acids is 2. The molecule has 0 bridgehead atoms. The van der Waals surface area contributed by atoms with E-state index in [4.69, 9.17) is 9.47 Å². The molecule has 0 N–H and O–H groups in total. The molecular weight excluding hydrogens is 464 g/mol. The van der Waals surface area contributed by atoms with Crippen LogP contribution in [0.25, 0.3) is 10.1 Å². The van der Waals surface area contributed by atoms with Crippen LogP contribution in [0.3, 0.4) is 0 Å². The number of piperazine rings is 1. The van der Waals surface area contributed by atoms with Gasteiger partial charge in [-0.3, -0.25) is 4.90 Å². The van der Waals surface area contributed by atoms with Crippen molar-refractivity contribution in [3.63, 3.8) is 0 Å². The molecule has 1 aromatic heterocycles. The van der Waals surface area contributed by atoms with Gasteiger partial charge in [0.2, 0.25) is 10.0 Å². The predicted octanol–water partition coefficient (Wildman–Crippen LogP) is 2.98. The molecule has 1 fully saturated rings. The molecule has 0 unspecified atom stereocenters. The molecule has 2 heterocycles. The highest BCUT2D eigenvalue weighted by molar-refractivity contribution is 7.89. The predicted molar refractivity (Wildman–Crippen MR) is 125 cm³/mol. The van der Waals surface area contributed by atoms with E-state index in [9.17, 15) is 18.0 Å². The second-order valence-corrected chi connectivity index (χ2v) is 10.5. The molecule has 0 amide bonds. The third-order valence-corrected chi connectivity index (χ3v) is 8.56. The summed E-state index contributed by atoms with van der Waals surface area (Å²) in [7, 11) is -1.53. The van der Waals surface area contributed by atoms with Gasteiger partial charge in [0.15, 0.2) is 0 Å². The molecule has 8 nitrogen and oxygen atoms in total. The maximum absolute atomic E-state index is 13.3. The zero-order valence-corrected chi connectivity index (χ0v) is 19.9. The summed E-state index contributed by atoms with van der Waals surface area (Å²) in [5.41, 5.74) is 1.18. The van der Waals surface area contributed by atoms with E-state index in [0.29, 0.717) is 26.2 Å². The Morgan fingerprint density at radius 1 is 0.939 bits per heavy atom. The minimum absolute atomic E-state index is 0.0260. The normalized spacial score (nSPS) is 15.5. The van der Waals surface area contributed by atoms with Crippen LogP contribution in [0, 0.1) is 0 Å². The molecule has 33 heavy (non-hydrogen) atoms. The van der Waals surface area contributed by atoms with Crippen molar-refractivity contribution in [3.05, 3.63) is 64.5 Å².